The standard InChI is InChI=1S/C19H16N8O2S2/c1-27-19(24-25-26-27)30-11-15(28)20-14-9-7-12(8-10-14)16(29)21-18-23-22-17(31-18)13-5-3-2-4-6-13/h2-10H,11H2,1H3,(H,20,28)(H,21,23,29). The van der Waals surface area contributed by atoms with Crippen LogP contribution in [0.5, 0.6) is 0 Å². The van der Waals surface area contributed by atoms with Gasteiger partial charge in [-0.3, -0.25) is 14.9 Å². The molecule has 0 aliphatic carbocycles. The normalized spacial score (nSPS) is 10.6. The van der Waals surface area contributed by atoms with Crippen molar-refractivity contribution in [2.75, 3.05) is 16.4 Å². The van der Waals surface area contributed by atoms with E-state index in [1.807, 2.05) is 30.3 Å². The van der Waals surface area contributed by atoms with Gasteiger partial charge >= 0.3 is 0 Å². The predicted octanol–water partition coefficient (Wildman–Crippen LogP) is 2.71. The first kappa shape index (κ1) is 20.6. The van der Waals surface area contributed by atoms with Gasteiger partial charge in [0.25, 0.3) is 5.91 Å². The summed E-state index contributed by atoms with van der Waals surface area (Å²) in [7, 11) is 1.70. The molecular formula is C19H16N8O2S2. The number of nitrogens with one attached hydrogen (secondary N) is 2. The minimum absolute atomic E-state index is 0.164. The summed E-state index contributed by atoms with van der Waals surface area (Å²) in [4.78, 5) is 24.6. The van der Waals surface area contributed by atoms with Crippen molar-refractivity contribution < 1.29 is 9.59 Å². The van der Waals surface area contributed by atoms with E-state index in [1.54, 1.807) is 31.3 Å². The van der Waals surface area contributed by atoms with Gasteiger partial charge in [0.15, 0.2) is 0 Å². The molecule has 10 nitrogen and oxygen atoms in total. The lowest BCUT2D eigenvalue weighted by molar-refractivity contribution is -0.113. The van der Waals surface area contributed by atoms with Crippen molar-refractivity contribution in [1.82, 2.24) is 30.4 Å². The lowest BCUT2D eigenvalue weighted by Crippen LogP contribution is -2.15. The number of thioether (sulfide) groups is 1. The summed E-state index contributed by atoms with van der Waals surface area (Å²) in [5.41, 5.74) is 1.96. The number of amides is 2. The highest BCUT2D eigenvalue weighted by Gasteiger charge is 2.12. The van der Waals surface area contributed by atoms with Crippen LogP contribution < -0.4 is 10.6 Å². The van der Waals surface area contributed by atoms with Crippen LogP contribution in [0.4, 0.5) is 10.8 Å². The van der Waals surface area contributed by atoms with Gasteiger partial charge in [0, 0.05) is 23.9 Å². The monoisotopic (exact) mass is 452 g/mol. The zero-order valence-corrected chi connectivity index (χ0v) is 17.9. The van der Waals surface area contributed by atoms with Crippen molar-refractivity contribution in [2.24, 2.45) is 7.05 Å². The molecule has 2 aromatic heterocycles. The predicted molar refractivity (Wildman–Crippen MR) is 118 cm³/mol. The van der Waals surface area contributed by atoms with Gasteiger partial charge in [0.05, 0.1) is 5.75 Å². The third kappa shape index (κ3) is 5.29. The topological polar surface area (TPSA) is 128 Å². The molecule has 0 spiro atoms. The molecule has 4 rings (SSSR count). The number of carbonyl (C=O) groups is 2. The maximum absolute atomic E-state index is 12.5. The zero-order chi connectivity index (χ0) is 21.6. The van der Waals surface area contributed by atoms with Gasteiger partial charge in [-0.1, -0.05) is 53.4 Å². The van der Waals surface area contributed by atoms with Gasteiger partial charge in [-0.25, -0.2) is 4.68 Å². The average Bonchev–Trinajstić information content (AvgIpc) is 3.42. The number of nitrogens with zero attached hydrogens (tertiary/aromatic N) is 6. The van der Waals surface area contributed by atoms with Crippen molar-refractivity contribution in [1.29, 1.82) is 0 Å². The van der Waals surface area contributed by atoms with Gasteiger partial charge in [-0.15, -0.1) is 15.3 Å². The number of hydrogen-bond donors (Lipinski definition) is 2. The van der Waals surface area contributed by atoms with Crippen LogP contribution >= 0.6 is 23.1 Å². The van der Waals surface area contributed by atoms with E-state index in [9.17, 15) is 9.59 Å². The van der Waals surface area contributed by atoms with E-state index in [1.165, 1.54) is 27.8 Å². The fourth-order valence-electron chi connectivity index (χ4n) is 2.52. The molecule has 0 saturated heterocycles. The van der Waals surface area contributed by atoms with Crippen molar-refractivity contribution in [3.8, 4) is 10.6 Å². The second-order valence-corrected chi connectivity index (χ2v) is 8.15. The lowest BCUT2D eigenvalue weighted by atomic mass is 10.2. The molecule has 2 N–H and O–H groups in total. The van der Waals surface area contributed by atoms with Crippen molar-refractivity contribution in [2.45, 2.75) is 5.16 Å². The Kier molecular flexibility index (Phi) is 6.29. The van der Waals surface area contributed by atoms with E-state index in [-0.39, 0.29) is 17.6 Å². The van der Waals surface area contributed by atoms with Crippen LogP contribution in [0, 0.1) is 0 Å². The van der Waals surface area contributed by atoms with Crippen LogP contribution in [-0.4, -0.2) is 48.0 Å². The first-order chi connectivity index (χ1) is 15.1. The number of anilines is 2. The lowest BCUT2D eigenvalue weighted by Gasteiger charge is -2.06. The third-order valence-corrected chi connectivity index (χ3v) is 5.91. The van der Waals surface area contributed by atoms with E-state index in [4.69, 9.17) is 0 Å². The Hall–Kier alpha value is -3.64. The zero-order valence-electron chi connectivity index (χ0n) is 16.2. The van der Waals surface area contributed by atoms with Gasteiger partial charge in [0.2, 0.25) is 16.2 Å². The van der Waals surface area contributed by atoms with Crippen molar-refractivity contribution in [3.63, 3.8) is 0 Å². The molecule has 0 saturated carbocycles. The molecule has 0 atom stereocenters. The minimum Gasteiger partial charge on any atom is -0.325 e. The quantitative estimate of drug-likeness (QED) is 0.410. The average molecular weight is 453 g/mol. The maximum Gasteiger partial charge on any atom is 0.257 e. The highest BCUT2D eigenvalue weighted by molar-refractivity contribution is 7.99. The van der Waals surface area contributed by atoms with Gasteiger partial charge in [0.1, 0.15) is 5.01 Å². The first-order valence-corrected chi connectivity index (χ1v) is 10.8. The number of tetrazole rings is 1. The number of rotatable bonds is 7. The summed E-state index contributed by atoms with van der Waals surface area (Å²) in [6.07, 6.45) is 0. The Morgan fingerprint density at radius 2 is 1.77 bits per heavy atom. The molecule has 0 aliphatic rings. The summed E-state index contributed by atoms with van der Waals surface area (Å²) in [5.74, 6) is -0.344. The summed E-state index contributed by atoms with van der Waals surface area (Å²) in [6.45, 7) is 0. The Bertz CT molecular complexity index is 1190. The van der Waals surface area contributed by atoms with Crippen LogP contribution in [0.2, 0.25) is 0 Å². The molecule has 2 amide bonds. The van der Waals surface area contributed by atoms with Crippen LogP contribution in [0.25, 0.3) is 10.6 Å². The third-order valence-electron chi connectivity index (χ3n) is 4.01. The Morgan fingerprint density at radius 3 is 2.48 bits per heavy atom. The van der Waals surface area contributed by atoms with Crippen molar-refractivity contribution in [3.05, 3.63) is 60.2 Å². The SMILES string of the molecule is Cn1nnnc1SCC(=O)Nc1ccc(C(=O)Nc2nnc(-c3ccccc3)s2)cc1. The summed E-state index contributed by atoms with van der Waals surface area (Å²) >= 11 is 2.53. The molecule has 0 fully saturated rings. The Labute approximate surface area is 185 Å². The number of aromatic nitrogens is 6. The Morgan fingerprint density at radius 1 is 1.00 bits per heavy atom. The fraction of sp³-hybridized carbons (Fsp3) is 0.105. The molecule has 0 radical (unpaired) electrons. The number of benzene rings is 2. The summed E-state index contributed by atoms with van der Waals surface area (Å²) < 4.78 is 1.49. The molecule has 4 aromatic rings. The summed E-state index contributed by atoms with van der Waals surface area (Å²) in [5, 5.41) is 26.4. The van der Waals surface area contributed by atoms with Crippen LogP contribution in [0.3, 0.4) is 0 Å². The molecule has 0 aliphatic heterocycles. The molecule has 0 unspecified atom stereocenters. The van der Waals surface area contributed by atoms with E-state index in [0.29, 0.717) is 21.5 Å². The molecule has 156 valence electrons. The second kappa shape index (κ2) is 9.45. The largest absolute Gasteiger partial charge is 0.325 e. The molecule has 2 aromatic carbocycles. The molecule has 12 heteroatoms. The van der Waals surface area contributed by atoms with Crippen LogP contribution in [0.1, 0.15) is 10.4 Å². The van der Waals surface area contributed by atoms with Gasteiger partial charge in [-0.2, -0.15) is 0 Å². The number of aryl methyl sites for hydroxylation is 1. The second-order valence-electron chi connectivity index (χ2n) is 6.23. The Balaban J connectivity index is 1.31. The highest BCUT2D eigenvalue weighted by atomic mass is 32.2. The van der Waals surface area contributed by atoms with Crippen molar-refractivity contribution >= 4 is 45.7 Å². The highest BCUT2D eigenvalue weighted by Crippen LogP contribution is 2.26. The molecule has 31 heavy (non-hydrogen) atoms. The molecule has 2 heterocycles. The van der Waals surface area contributed by atoms with E-state index in [2.05, 4.69) is 36.4 Å². The van der Waals surface area contributed by atoms with E-state index < -0.39 is 0 Å². The first-order valence-electron chi connectivity index (χ1n) is 9.04. The number of carbonyl (C=O) groups excluding carboxylic acids is 2. The van der Waals surface area contributed by atoms with Gasteiger partial charge < -0.3 is 5.32 Å². The maximum atomic E-state index is 12.5. The van der Waals surface area contributed by atoms with Crippen LogP contribution in [-0.2, 0) is 11.8 Å². The van der Waals surface area contributed by atoms with Gasteiger partial charge in [-0.05, 0) is 34.7 Å². The smallest absolute Gasteiger partial charge is 0.257 e. The fourth-order valence-corrected chi connectivity index (χ4v) is 3.91. The van der Waals surface area contributed by atoms with E-state index >= 15 is 0 Å². The molecule has 0 bridgehead atoms. The molecular weight excluding hydrogens is 436 g/mol. The van der Waals surface area contributed by atoms with E-state index in [0.717, 1.165) is 10.6 Å². The number of hydrogen-bond acceptors (Lipinski definition) is 9. The minimum atomic E-state index is -0.307. The summed E-state index contributed by atoms with van der Waals surface area (Å²) in [6, 6.07) is 16.2. The van der Waals surface area contributed by atoms with Crippen LogP contribution in [0.15, 0.2) is 59.8 Å².